The molecular formula is C20H20N2O5S. The second-order valence-corrected chi connectivity index (χ2v) is 6.67. The third-order valence-corrected chi connectivity index (χ3v) is 4.46. The highest BCUT2D eigenvalue weighted by molar-refractivity contribution is 8.03. The molecule has 0 spiro atoms. The number of hydrogen-bond acceptors (Lipinski definition) is 7. The molecular weight excluding hydrogens is 380 g/mol. The van der Waals surface area contributed by atoms with Gasteiger partial charge in [-0.2, -0.15) is 5.26 Å². The number of esters is 1. The predicted octanol–water partition coefficient (Wildman–Crippen LogP) is 3.69. The number of thiocyanates is 1. The third-order valence-electron chi connectivity index (χ3n) is 3.90. The molecule has 1 amide bonds. The van der Waals surface area contributed by atoms with Gasteiger partial charge in [0.2, 0.25) is 0 Å². The van der Waals surface area contributed by atoms with E-state index in [-0.39, 0.29) is 5.56 Å². The van der Waals surface area contributed by atoms with Gasteiger partial charge >= 0.3 is 5.97 Å². The maximum absolute atomic E-state index is 12.3. The molecule has 0 radical (unpaired) electrons. The number of nitriles is 1. The first-order chi connectivity index (χ1) is 13.4. The van der Waals surface area contributed by atoms with Crippen molar-refractivity contribution in [2.75, 3.05) is 26.1 Å². The van der Waals surface area contributed by atoms with Gasteiger partial charge in [-0.25, -0.2) is 4.79 Å². The van der Waals surface area contributed by atoms with E-state index in [1.54, 1.807) is 12.1 Å². The number of methoxy groups -OCH3 is 2. The summed E-state index contributed by atoms with van der Waals surface area (Å²) in [5, 5.41) is 13.5. The van der Waals surface area contributed by atoms with Crippen molar-refractivity contribution in [1.82, 2.24) is 0 Å². The number of nitrogens with one attached hydrogen (secondary N) is 1. The molecule has 0 heterocycles. The van der Waals surface area contributed by atoms with Crippen molar-refractivity contribution in [3.63, 3.8) is 0 Å². The molecule has 0 bridgehead atoms. The number of nitrogens with zero attached hydrogens (tertiary/aromatic N) is 1. The summed E-state index contributed by atoms with van der Waals surface area (Å²) >= 11 is 1.05. The van der Waals surface area contributed by atoms with Crippen LogP contribution in [-0.2, 0) is 9.53 Å². The normalized spacial score (nSPS) is 9.96. The Balaban J connectivity index is 2.03. The number of carbonyl (C=O) groups is 2. The monoisotopic (exact) mass is 400 g/mol. The van der Waals surface area contributed by atoms with Gasteiger partial charge in [-0.15, -0.1) is 0 Å². The molecule has 0 aromatic heterocycles. The number of carbonyl (C=O) groups excluding carboxylic acids is 2. The van der Waals surface area contributed by atoms with E-state index >= 15 is 0 Å². The number of ether oxygens (including phenoxy) is 3. The average Bonchev–Trinajstić information content (AvgIpc) is 2.68. The molecule has 1 N–H and O–H groups in total. The maximum atomic E-state index is 12.3. The van der Waals surface area contributed by atoms with Crippen LogP contribution in [0.25, 0.3) is 0 Å². The number of rotatable bonds is 7. The van der Waals surface area contributed by atoms with E-state index in [2.05, 4.69) is 5.32 Å². The second kappa shape index (κ2) is 9.67. The molecule has 0 saturated carbocycles. The SMILES string of the molecule is COc1ccc(C(=O)OCC(=O)Nc2c(C)cc(SC#N)cc2C)c(OC)c1. The van der Waals surface area contributed by atoms with Crippen molar-refractivity contribution in [2.24, 2.45) is 0 Å². The number of aryl methyl sites for hydroxylation is 2. The first-order valence-corrected chi connectivity index (χ1v) is 9.07. The summed E-state index contributed by atoms with van der Waals surface area (Å²) in [6, 6.07) is 8.30. The van der Waals surface area contributed by atoms with Gasteiger partial charge in [0, 0.05) is 16.6 Å². The first-order valence-electron chi connectivity index (χ1n) is 8.25. The molecule has 0 aliphatic heterocycles. The highest BCUT2D eigenvalue weighted by Crippen LogP contribution is 2.28. The minimum atomic E-state index is -0.677. The van der Waals surface area contributed by atoms with Gasteiger partial charge in [0.15, 0.2) is 6.61 Å². The lowest BCUT2D eigenvalue weighted by molar-refractivity contribution is -0.119. The Morgan fingerprint density at radius 2 is 1.79 bits per heavy atom. The summed E-state index contributed by atoms with van der Waals surface area (Å²) in [4.78, 5) is 25.3. The molecule has 0 aliphatic carbocycles. The van der Waals surface area contributed by atoms with Gasteiger partial charge in [0.25, 0.3) is 5.91 Å². The van der Waals surface area contributed by atoms with Crippen LogP contribution >= 0.6 is 11.8 Å². The summed E-state index contributed by atoms with van der Waals surface area (Å²) in [7, 11) is 2.94. The van der Waals surface area contributed by atoms with Gasteiger partial charge in [0.05, 0.1) is 14.2 Å². The van der Waals surface area contributed by atoms with Crippen molar-refractivity contribution >= 4 is 29.3 Å². The Kier molecular flexibility index (Phi) is 7.29. The van der Waals surface area contributed by atoms with E-state index in [0.717, 1.165) is 27.8 Å². The maximum Gasteiger partial charge on any atom is 0.342 e. The van der Waals surface area contributed by atoms with E-state index in [1.807, 2.05) is 31.4 Å². The Hall–Kier alpha value is -3.18. The summed E-state index contributed by atoms with van der Waals surface area (Å²) in [6.07, 6.45) is 0. The van der Waals surface area contributed by atoms with Gasteiger partial charge in [-0.3, -0.25) is 4.79 Å². The van der Waals surface area contributed by atoms with Crippen LogP contribution in [0.2, 0.25) is 0 Å². The van der Waals surface area contributed by atoms with Gasteiger partial charge < -0.3 is 19.5 Å². The topological polar surface area (TPSA) is 97.6 Å². The van der Waals surface area contributed by atoms with Crippen LogP contribution in [0, 0.1) is 24.5 Å². The molecule has 8 heteroatoms. The van der Waals surface area contributed by atoms with Gasteiger partial charge in [0.1, 0.15) is 22.5 Å². The van der Waals surface area contributed by atoms with Crippen molar-refractivity contribution < 1.29 is 23.8 Å². The van der Waals surface area contributed by atoms with Crippen LogP contribution < -0.4 is 14.8 Å². The largest absolute Gasteiger partial charge is 0.497 e. The minimum absolute atomic E-state index is 0.196. The Morgan fingerprint density at radius 3 is 2.36 bits per heavy atom. The number of benzene rings is 2. The fourth-order valence-corrected chi connectivity index (χ4v) is 3.16. The van der Waals surface area contributed by atoms with Crippen LogP contribution in [0.4, 0.5) is 5.69 Å². The molecule has 0 unspecified atom stereocenters. The zero-order valence-electron chi connectivity index (χ0n) is 16.0. The Labute approximate surface area is 167 Å². The molecule has 0 saturated heterocycles. The second-order valence-electron chi connectivity index (χ2n) is 5.82. The van der Waals surface area contributed by atoms with Gasteiger partial charge in [-0.05, 0) is 61.0 Å². The lowest BCUT2D eigenvalue weighted by atomic mass is 10.1. The van der Waals surface area contributed by atoms with E-state index in [9.17, 15) is 9.59 Å². The summed E-state index contributed by atoms with van der Waals surface area (Å²) in [5.74, 6) is -0.311. The van der Waals surface area contributed by atoms with E-state index < -0.39 is 18.5 Å². The van der Waals surface area contributed by atoms with Gasteiger partial charge in [-0.1, -0.05) is 0 Å². The van der Waals surface area contributed by atoms with Crippen LogP contribution in [0.1, 0.15) is 21.5 Å². The molecule has 7 nitrogen and oxygen atoms in total. The third kappa shape index (κ3) is 5.18. The molecule has 0 fully saturated rings. The fourth-order valence-electron chi connectivity index (χ4n) is 2.58. The molecule has 0 atom stereocenters. The number of amides is 1. The smallest absolute Gasteiger partial charge is 0.342 e. The minimum Gasteiger partial charge on any atom is -0.497 e. The lowest BCUT2D eigenvalue weighted by Crippen LogP contribution is -2.22. The molecule has 28 heavy (non-hydrogen) atoms. The number of thioether (sulfide) groups is 1. The average molecular weight is 400 g/mol. The predicted molar refractivity (Wildman–Crippen MR) is 106 cm³/mol. The zero-order valence-corrected chi connectivity index (χ0v) is 16.8. The van der Waals surface area contributed by atoms with Crippen LogP contribution in [0.3, 0.4) is 0 Å². The van der Waals surface area contributed by atoms with Crippen LogP contribution in [-0.4, -0.2) is 32.7 Å². The highest BCUT2D eigenvalue weighted by Gasteiger charge is 2.17. The molecule has 0 aliphatic rings. The van der Waals surface area contributed by atoms with Crippen LogP contribution in [0.5, 0.6) is 11.5 Å². The first kappa shape index (κ1) is 21.1. The Morgan fingerprint density at radius 1 is 1.11 bits per heavy atom. The highest BCUT2D eigenvalue weighted by atomic mass is 32.2. The number of hydrogen-bond donors (Lipinski definition) is 1. The molecule has 2 aromatic rings. The van der Waals surface area contributed by atoms with Crippen molar-refractivity contribution in [3.05, 3.63) is 47.0 Å². The van der Waals surface area contributed by atoms with E-state index in [1.165, 1.54) is 20.3 Å². The molecule has 146 valence electrons. The van der Waals surface area contributed by atoms with E-state index in [4.69, 9.17) is 19.5 Å². The number of anilines is 1. The molecule has 2 rings (SSSR count). The standard InChI is InChI=1S/C20H20N2O5S/c1-12-7-15(28-11-21)8-13(2)19(12)22-18(23)10-27-20(24)16-6-5-14(25-3)9-17(16)26-4/h5-9H,10H2,1-4H3,(H,22,23). The summed E-state index contributed by atoms with van der Waals surface area (Å²) in [5.41, 5.74) is 2.45. The van der Waals surface area contributed by atoms with Crippen molar-refractivity contribution in [3.8, 4) is 16.9 Å². The van der Waals surface area contributed by atoms with E-state index in [0.29, 0.717) is 17.2 Å². The quantitative estimate of drug-likeness (QED) is 0.430. The fraction of sp³-hybridized carbons (Fsp3) is 0.250. The summed E-state index contributed by atoms with van der Waals surface area (Å²) < 4.78 is 15.4. The Bertz CT molecular complexity index is 914. The lowest BCUT2D eigenvalue weighted by Gasteiger charge is -2.13. The zero-order chi connectivity index (χ0) is 20.7. The van der Waals surface area contributed by atoms with Crippen molar-refractivity contribution in [1.29, 1.82) is 5.26 Å². The molecule has 2 aromatic carbocycles. The van der Waals surface area contributed by atoms with Crippen LogP contribution in [0.15, 0.2) is 35.2 Å². The van der Waals surface area contributed by atoms with Crippen molar-refractivity contribution in [2.45, 2.75) is 18.7 Å². The summed E-state index contributed by atoms with van der Waals surface area (Å²) in [6.45, 7) is 3.22.